The van der Waals surface area contributed by atoms with Gasteiger partial charge in [0.05, 0.1) is 6.33 Å². The molecular weight excluding hydrogens is 352 g/mol. The second-order valence-electron chi connectivity index (χ2n) is 6.44. The number of carbonyl (C=O) groups excluding carboxylic acids is 1. The number of carbonyl (C=O) groups is 1. The van der Waals surface area contributed by atoms with Gasteiger partial charge in [-0.15, -0.1) is 0 Å². The van der Waals surface area contributed by atoms with Crippen LogP contribution in [0.5, 0.6) is 0 Å². The number of amides is 2. The molecule has 2 aromatic rings. The predicted octanol–water partition coefficient (Wildman–Crippen LogP) is 3.52. The van der Waals surface area contributed by atoms with Gasteiger partial charge in [-0.2, -0.15) is 0 Å². The summed E-state index contributed by atoms with van der Waals surface area (Å²) >= 11 is 0. The predicted molar refractivity (Wildman–Crippen MR) is 98.4 cm³/mol. The zero-order valence-electron chi connectivity index (χ0n) is 15.2. The van der Waals surface area contributed by atoms with Crippen LogP contribution in [0.2, 0.25) is 0 Å². The molecule has 144 valence electrons. The number of aromatic nitrogens is 2. The van der Waals surface area contributed by atoms with Crippen molar-refractivity contribution in [3.05, 3.63) is 54.1 Å². The van der Waals surface area contributed by atoms with Gasteiger partial charge < -0.3 is 9.47 Å². The number of urea groups is 1. The monoisotopic (exact) mass is 375 g/mol. The molecule has 1 aromatic heterocycles. The van der Waals surface area contributed by atoms with Crippen molar-refractivity contribution < 1.29 is 13.6 Å². The third kappa shape index (κ3) is 4.32. The molecule has 8 heteroatoms. The lowest BCUT2D eigenvalue weighted by Gasteiger charge is -2.24. The Morgan fingerprint density at radius 3 is 2.85 bits per heavy atom. The first kappa shape index (κ1) is 19.0. The summed E-state index contributed by atoms with van der Waals surface area (Å²) in [5.41, 5.74) is 0.117. The number of nitrogens with one attached hydrogen (secondary N) is 1. The Kier molecular flexibility index (Phi) is 6.16. The molecule has 1 N–H and O–H groups in total. The number of hydrogen-bond donors (Lipinski definition) is 1. The van der Waals surface area contributed by atoms with Crippen LogP contribution in [0, 0.1) is 11.6 Å². The fourth-order valence-electron chi connectivity index (χ4n) is 3.12. The number of aliphatic imine (C=N–C) groups is 1. The summed E-state index contributed by atoms with van der Waals surface area (Å²) in [5.74, 6) is -1.50. The zero-order valence-corrected chi connectivity index (χ0v) is 15.2. The first-order valence-electron chi connectivity index (χ1n) is 9.13. The molecule has 3 rings (SSSR count). The van der Waals surface area contributed by atoms with Crippen molar-refractivity contribution >= 4 is 11.9 Å². The SMILES string of the molecule is CCCC/N=C1/NC(=O)N(CCCn2ccnc2)C1c1cccc(F)c1F. The minimum atomic E-state index is -0.943. The van der Waals surface area contributed by atoms with Crippen LogP contribution in [0.4, 0.5) is 13.6 Å². The zero-order chi connectivity index (χ0) is 19.2. The van der Waals surface area contributed by atoms with E-state index < -0.39 is 17.7 Å². The highest BCUT2D eigenvalue weighted by atomic mass is 19.2. The molecule has 0 spiro atoms. The van der Waals surface area contributed by atoms with E-state index in [-0.39, 0.29) is 11.6 Å². The van der Waals surface area contributed by atoms with E-state index in [1.54, 1.807) is 12.5 Å². The number of unbranched alkanes of at least 4 members (excludes halogenated alkanes) is 1. The maximum atomic E-state index is 14.5. The number of imidazole rings is 1. The summed E-state index contributed by atoms with van der Waals surface area (Å²) in [6.07, 6.45) is 7.69. The highest BCUT2D eigenvalue weighted by Gasteiger charge is 2.39. The Bertz CT molecular complexity index is 806. The largest absolute Gasteiger partial charge is 0.337 e. The first-order chi connectivity index (χ1) is 13.1. The van der Waals surface area contributed by atoms with E-state index in [9.17, 15) is 13.6 Å². The third-order valence-electron chi connectivity index (χ3n) is 4.51. The van der Waals surface area contributed by atoms with Crippen molar-refractivity contribution in [2.75, 3.05) is 13.1 Å². The fourth-order valence-corrected chi connectivity index (χ4v) is 3.12. The fraction of sp³-hybridized carbons (Fsp3) is 0.421. The van der Waals surface area contributed by atoms with E-state index in [4.69, 9.17) is 0 Å². The normalized spacial score (nSPS) is 18.3. The van der Waals surface area contributed by atoms with Gasteiger partial charge in [0.2, 0.25) is 0 Å². The van der Waals surface area contributed by atoms with Crippen LogP contribution >= 0.6 is 0 Å². The van der Waals surface area contributed by atoms with Crippen LogP contribution in [-0.4, -0.2) is 39.4 Å². The number of halogens is 2. The van der Waals surface area contributed by atoms with Gasteiger partial charge >= 0.3 is 6.03 Å². The van der Waals surface area contributed by atoms with Crippen molar-refractivity contribution in [2.24, 2.45) is 4.99 Å². The number of nitrogens with zero attached hydrogens (tertiary/aromatic N) is 4. The van der Waals surface area contributed by atoms with Gasteiger partial charge in [-0.25, -0.2) is 18.6 Å². The molecule has 0 saturated carbocycles. The van der Waals surface area contributed by atoms with Crippen molar-refractivity contribution in [2.45, 2.75) is 38.8 Å². The molecule has 0 radical (unpaired) electrons. The van der Waals surface area contributed by atoms with E-state index in [1.165, 1.54) is 17.0 Å². The summed E-state index contributed by atoms with van der Waals surface area (Å²) in [7, 11) is 0. The lowest BCUT2D eigenvalue weighted by atomic mass is 10.0. The number of aryl methyl sites for hydroxylation is 1. The third-order valence-corrected chi connectivity index (χ3v) is 4.51. The summed E-state index contributed by atoms with van der Waals surface area (Å²) in [6.45, 7) is 3.63. The van der Waals surface area contributed by atoms with Crippen molar-refractivity contribution in [1.29, 1.82) is 0 Å². The highest BCUT2D eigenvalue weighted by Crippen LogP contribution is 2.30. The Labute approximate surface area is 156 Å². The number of hydrogen-bond acceptors (Lipinski definition) is 3. The average molecular weight is 375 g/mol. The van der Waals surface area contributed by atoms with Crippen LogP contribution < -0.4 is 5.32 Å². The molecule has 1 fully saturated rings. The van der Waals surface area contributed by atoms with E-state index >= 15 is 0 Å². The van der Waals surface area contributed by atoms with Crippen LogP contribution in [-0.2, 0) is 6.54 Å². The van der Waals surface area contributed by atoms with Crippen LogP contribution in [0.3, 0.4) is 0 Å². The molecule has 1 aliphatic heterocycles. The molecule has 2 heterocycles. The average Bonchev–Trinajstić information content (AvgIpc) is 3.27. The number of benzene rings is 1. The van der Waals surface area contributed by atoms with Gasteiger partial charge in [-0.3, -0.25) is 10.3 Å². The summed E-state index contributed by atoms with van der Waals surface area (Å²) in [5, 5.41) is 2.73. The number of rotatable bonds is 8. The molecule has 1 aliphatic rings. The molecule has 1 aromatic carbocycles. The minimum absolute atomic E-state index is 0.117. The summed E-state index contributed by atoms with van der Waals surface area (Å²) in [6, 6.07) is 2.93. The molecule has 6 nitrogen and oxygen atoms in total. The van der Waals surface area contributed by atoms with E-state index in [1.807, 2.05) is 17.7 Å². The van der Waals surface area contributed by atoms with Gasteiger partial charge in [-0.1, -0.05) is 25.5 Å². The summed E-state index contributed by atoms with van der Waals surface area (Å²) < 4.78 is 30.1. The quantitative estimate of drug-likeness (QED) is 0.718. The Hall–Kier alpha value is -2.77. The molecule has 0 aliphatic carbocycles. The van der Waals surface area contributed by atoms with Gasteiger partial charge in [0.25, 0.3) is 0 Å². The van der Waals surface area contributed by atoms with E-state index in [0.717, 1.165) is 18.9 Å². The van der Waals surface area contributed by atoms with Crippen molar-refractivity contribution in [1.82, 2.24) is 19.8 Å². The number of amidine groups is 1. The lowest BCUT2D eigenvalue weighted by Crippen LogP contribution is -2.31. The standard InChI is InChI=1S/C19H23F2N5O/c1-2-3-8-23-18-17(14-6-4-7-15(20)16(14)21)26(19(27)24-18)11-5-10-25-12-9-22-13-25/h4,6-7,9,12-13,17H,2-3,5,8,10-11H2,1H3,(H,23,24,27). The van der Waals surface area contributed by atoms with Crippen LogP contribution in [0.15, 0.2) is 41.9 Å². The Morgan fingerprint density at radius 2 is 2.11 bits per heavy atom. The van der Waals surface area contributed by atoms with E-state index in [0.29, 0.717) is 31.9 Å². The van der Waals surface area contributed by atoms with Gasteiger partial charge in [0.1, 0.15) is 11.9 Å². The van der Waals surface area contributed by atoms with Crippen molar-refractivity contribution in [3.8, 4) is 0 Å². The van der Waals surface area contributed by atoms with Gasteiger partial charge in [-0.05, 0) is 18.9 Å². The maximum Gasteiger partial charge on any atom is 0.323 e. The van der Waals surface area contributed by atoms with E-state index in [2.05, 4.69) is 15.3 Å². The Balaban J connectivity index is 1.83. The van der Waals surface area contributed by atoms with Gasteiger partial charge in [0, 0.05) is 37.6 Å². The molecule has 27 heavy (non-hydrogen) atoms. The lowest BCUT2D eigenvalue weighted by molar-refractivity contribution is 0.203. The minimum Gasteiger partial charge on any atom is -0.337 e. The topological polar surface area (TPSA) is 62.5 Å². The molecule has 0 bridgehead atoms. The first-order valence-corrected chi connectivity index (χ1v) is 9.13. The van der Waals surface area contributed by atoms with Crippen LogP contribution in [0.1, 0.15) is 37.8 Å². The highest BCUT2D eigenvalue weighted by molar-refractivity contribution is 6.07. The Morgan fingerprint density at radius 1 is 1.26 bits per heavy atom. The maximum absolute atomic E-state index is 14.5. The molecular formula is C19H23F2N5O. The second-order valence-corrected chi connectivity index (χ2v) is 6.44. The molecule has 2 amide bonds. The van der Waals surface area contributed by atoms with Crippen molar-refractivity contribution in [3.63, 3.8) is 0 Å². The smallest absolute Gasteiger partial charge is 0.323 e. The molecule has 1 saturated heterocycles. The van der Waals surface area contributed by atoms with Gasteiger partial charge in [0.15, 0.2) is 11.6 Å². The summed E-state index contributed by atoms with van der Waals surface area (Å²) in [4.78, 5) is 22.4. The van der Waals surface area contributed by atoms with Crippen LogP contribution in [0.25, 0.3) is 0 Å². The molecule has 1 atom stereocenters. The molecule has 1 unspecified atom stereocenters. The second kappa shape index (κ2) is 8.75.